The number of terminal acetylenes is 1. The molecule has 114 valence electrons. The second-order valence-corrected chi connectivity index (χ2v) is 4.26. The van der Waals surface area contributed by atoms with E-state index in [9.17, 15) is 0 Å². The highest BCUT2D eigenvalue weighted by atomic mass is 127. The highest BCUT2D eigenvalue weighted by Gasteiger charge is 2.12. The van der Waals surface area contributed by atoms with Gasteiger partial charge in [0.15, 0.2) is 17.5 Å². The van der Waals surface area contributed by atoms with Crippen LogP contribution in [0.3, 0.4) is 0 Å². The molecule has 0 fully saturated rings. The summed E-state index contributed by atoms with van der Waals surface area (Å²) in [5.41, 5.74) is 1.17. The number of aliphatic imine (C=N–C) groups is 1. The largest absolute Gasteiger partial charge is 0.454 e. The Morgan fingerprint density at radius 1 is 1.33 bits per heavy atom. The van der Waals surface area contributed by atoms with Gasteiger partial charge in [-0.2, -0.15) is 0 Å². The van der Waals surface area contributed by atoms with Crippen LogP contribution in [-0.4, -0.2) is 32.4 Å². The maximum Gasteiger partial charge on any atom is 0.231 e. The van der Waals surface area contributed by atoms with E-state index in [1.165, 1.54) is 5.56 Å². The van der Waals surface area contributed by atoms with Crippen LogP contribution in [0.1, 0.15) is 12.5 Å². The molecule has 1 aliphatic heterocycles. The lowest BCUT2D eigenvalue weighted by Gasteiger charge is -2.08. The van der Waals surface area contributed by atoms with Gasteiger partial charge >= 0.3 is 0 Å². The first-order valence-electron chi connectivity index (χ1n) is 6.67. The first-order chi connectivity index (χ1) is 9.83. The number of nitrogens with zero attached hydrogens (tertiary/aromatic N) is 1. The number of guanidine groups is 1. The maximum atomic E-state index is 5.35. The Bertz CT molecular complexity index is 526. The predicted octanol–water partition coefficient (Wildman–Crippen LogP) is 1.76. The van der Waals surface area contributed by atoms with E-state index in [1.807, 2.05) is 25.1 Å². The molecular formula is C15H20IN3O2. The van der Waals surface area contributed by atoms with E-state index in [4.69, 9.17) is 15.9 Å². The van der Waals surface area contributed by atoms with E-state index in [-0.39, 0.29) is 24.0 Å². The standard InChI is InChI=1S/C15H19N3O2.HI/c1-3-8-17-15(16-4-2)18-9-7-12-5-6-13-14(10-12)20-11-19-13;/h1,5-6,10H,4,7-9,11H2,2H3,(H2,16,17,18);1H. The molecule has 0 atom stereocenters. The van der Waals surface area contributed by atoms with E-state index in [0.717, 1.165) is 30.4 Å². The van der Waals surface area contributed by atoms with Gasteiger partial charge in [0, 0.05) is 13.1 Å². The Morgan fingerprint density at radius 2 is 2.14 bits per heavy atom. The first-order valence-corrected chi connectivity index (χ1v) is 6.67. The lowest BCUT2D eigenvalue weighted by Crippen LogP contribution is -2.37. The summed E-state index contributed by atoms with van der Waals surface area (Å²) >= 11 is 0. The quantitative estimate of drug-likeness (QED) is 0.342. The Hall–Kier alpha value is -1.62. The van der Waals surface area contributed by atoms with E-state index < -0.39 is 0 Å². The number of nitrogens with one attached hydrogen (secondary N) is 2. The topological polar surface area (TPSA) is 54.9 Å². The predicted molar refractivity (Wildman–Crippen MR) is 94.5 cm³/mol. The van der Waals surface area contributed by atoms with Crippen molar-refractivity contribution in [3.8, 4) is 23.8 Å². The van der Waals surface area contributed by atoms with Gasteiger partial charge in [0.05, 0.1) is 6.54 Å². The van der Waals surface area contributed by atoms with Crippen molar-refractivity contribution in [2.45, 2.75) is 13.3 Å². The summed E-state index contributed by atoms with van der Waals surface area (Å²) in [4.78, 5) is 4.47. The van der Waals surface area contributed by atoms with Gasteiger partial charge in [0.1, 0.15) is 0 Å². The van der Waals surface area contributed by atoms with Gasteiger partial charge in [0.25, 0.3) is 0 Å². The fourth-order valence-corrected chi connectivity index (χ4v) is 1.87. The van der Waals surface area contributed by atoms with E-state index in [2.05, 4.69) is 21.5 Å². The molecule has 0 saturated heterocycles. The second kappa shape index (κ2) is 9.34. The van der Waals surface area contributed by atoms with Crippen LogP contribution in [0, 0.1) is 12.3 Å². The van der Waals surface area contributed by atoms with Crippen molar-refractivity contribution in [2.75, 3.05) is 26.4 Å². The number of fused-ring (bicyclic) bond motifs is 1. The summed E-state index contributed by atoms with van der Waals surface area (Å²) in [6.45, 7) is 4.28. The molecule has 1 heterocycles. The molecule has 0 aliphatic carbocycles. The Balaban J connectivity index is 0.00000220. The lowest BCUT2D eigenvalue weighted by molar-refractivity contribution is 0.174. The fourth-order valence-electron chi connectivity index (χ4n) is 1.87. The number of ether oxygens (including phenoxy) is 2. The van der Waals surface area contributed by atoms with Crippen LogP contribution >= 0.6 is 24.0 Å². The summed E-state index contributed by atoms with van der Waals surface area (Å²) in [6, 6.07) is 5.97. The molecule has 2 rings (SSSR count). The molecular weight excluding hydrogens is 381 g/mol. The van der Waals surface area contributed by atoms with Crippen molar-refractivity contribution >= 4 is 29.9 Å². The Labute approximate surface area is 142 Å². The molecule has 0 spiro atoms. The minimum absolute atomic E-state index is 0. The van der Waals surface area contributed by atoms with Gasteiger partial charge in [-0.25, -0.2) is 0 Å². The summed E-state index contributed by atoms with van der Waals surface area (Å²) < 4.78 is 10.6. The SMILES string of the molecule is C#CCNC(=NCCc1ccc2c(c1)OCO2)NCC.I. The van der Waals surface area contributed by atoms with Crippen LogP contribution in [0.4, 0.5) is 0 Å². The van der Waals surface area contributed by atoms with Gasteiger partial charge in [-0.3, -0.25) is 4.99 Å². The summed E-state index contributed by atoms with van der Waals surface area (Å²) in [7, 11) is 0. The molecule has 0 amide bonds. The first kappa shape index (κ1) is 17.4. The monoisotopic (exact) mass is 401 g/mol. The van der Waals surface area contributed by atoms with Gasteiger partial charge in [-0.1, -0.05) is 12.0 Å². The van der Waals surface area contributed by atoms with Crippen molar-refractivity contribution in [1.82, 2.24) is 10.6 Å². The third-order valence-corrected chi connectivity index (χ3v) is 2.81. The van der Waals surface area contributed by atoms with Crippen molar-refractivity contribution < 1.29 is 9.47 Å². The smallest absolute Gasteiger partial charge is 0.231 e. The molecule has 21 heavy (non-hydrogen) atoms. The molecule has 0 aromatic heterocycles. The minimum atomic E-state index is 0. The van der Waals surface area contributed by atoms with Crippen molar-refractivity contribution in [2.24, 2.45) is 4.99 Å². The molecule has 2 N–H and O–H groups in total. The number of halogens is 1. The van der Waals surface area contributed by atoms with E-state index in [0.29, 0.717) is 19.9 Å². The van der Waals surface area contributed by atoms with Gasteiger partial charge < -0.3 is 20.1 Å². The molecule has 0 bridgehead atoms. The second-order valence-electron chi connectivity index (χ2n) is 4.26. The molecule has 6 heteroatoms. The summed E-state index contributed by atoms with van der Waals surface area (Å²) in [5, 5.41) is 6.20. The maximum absolute atomic E-state index is 5.35. The molecule has 0 radical (unpaired) electrons. The Morgan fingerprint density at radius 3 is 2.90 bits per heavy atom. The van der Waals surface area contributed by atoms with Gasteiger partial charge in [-0.05, 0) is 31.0 Å². The zero-order valence-corrected chi connectivity index (χ0v) is 14.3. The third-order valence-electron chi connectivity index (χ3n) is 2.81. The van der Waals surface area contributed by atoms with Crippen molar-refractivity contribution in [3.63, 3.8) is 0 Å². The number of benzene rings is 1. The lowest BCUT2D eigenvalue weighted by atomic mass is 10.1. The van der Waals surface area contributed by atoms with Crippen LogP contribution in [-0.2, 0) is 6.42 Å². The molecule has 1 aromatic rings. The van der Waals surface area contributed by atoms with Gasteiger partial charge in [-0.15, -0.1) is 30.4 Å². The summed E-state index contributed by atoms with van der Waals surface area (Å²) in [6.07, 6.45) is 6.06. The van der Waals surface area contributed by atoms with E-state index >= 15 is 0 Å². The number of hydrogen-bond acceptors (Lipinski definition) is 3. The van der Waals surface area contributed by atoms with Crippen molar-refractivity contribution in [3.05, 3.63) is 23.8 Å². The van der Waals surface area contributed by atoms with Crippen LogP contribution < -0.4 is 20.1 Å². The normalized spacial score (nSPS) is 12.3. The molecule has 1 aliphatic rings. The highest BCUT2D eigenvalue weighted by molar-refractivity contribution is 14.0. The molecule has 0 unspecified atom stereocenters. The minimum Gasteiger partial charge on any atom is -0.454 e. The zero-order chi connectivity index (χ0) is 14.2. The summed E-state index contributed by atoms with van der Waals surface area (Å²) in [5.74, 6) is 4.89. The zero-order valence-electron chi connectivity index (χ0n) is 12.0. The van der Waals surface area contributed by atoms with Crippen molar-refractivity contribution in [1.29, 1.82) is 0 Å². The van der Waals surface area contributed by atoms with Crippen LogP contribution in [0.2, 0.25) is 0 Å². The average Bonchev–Trinajstić information content (AvgIpc) is 2.92. The van der Waals surface area contributed by atoms with E-state index in [1.54, 1.807) is 0 Å². The number of hydrogen-bond donors (Lipinski definition) is 2. The Kier molecular flexibility index (Phi) is 7.75. The fraction of sp³-hybridized carbons (Fsp3) is 0.400. The van der Waals surface area contributed by atoms with Crippen LogP contribution in [0.25, 0.3) is 0 Å². The number of rotatable bonds is 5. The third kappa shape index (κ3) is 5.34. The van der Waals surface area contributed by atoms with Crippen LogP contribution in [0.15, 0.2) is 23.2 Å². The molecule has 1 aromatic carbocycles. The molecule has 5 nitrogen and oxygen atoms in total. The average molecular weight is 401 g/mol. The molecule has 0 saturated carbocycles. The van der Waals surface area contributed by atoms with Crippen LogP contribution in [0.5, 0.6) is 11.5 Å². The highest BCUT2D eigenvalue weighted by Crippen LogP contribution is 2.32. The van der Waals surface area contributed by atoms with Gasteiger partial charge in [0.2, 0.25) is 6.79 Å².